The number of sulfone groups is 1. The van der Waals surface area contributed by atoms with Crippen LogP contribution in [-0.4, -0.2) is 50.1 Å². The lowest BCUT2D eigenvalue weighted by atomic mass is 10.3. The highest BCUT2D eigenvalue weighted by atomic mass is 32.2. The lowest BCUT2D eigenvalue weighted by Gasteiger charge is -2.04. The molecule has 0 aliphatic rings. The van der Waals surface area contributed by atoms with Gasteiger partial charge in [-0.15, -0.1) is 10.2 Å². The number of hydrogen-bond acceptors (Lipinski definition) is 6. The number of anilines is 1. The van der Waals surface area contributed by atoms with E-state index >= 15 is 0 Å². The van der Waals surface area contributed by atoms with Crippen LogP contribution in [0.25, 0.3) is 0 Å². The minimum Gasteiger partial charge on any atom is -0.372 e. The van der Waals surface area contributed by atoms with Gasteiger partial charge in [0.15, 0.2) is 5.69 Å². The van der Waals surface area contributed by atoms with Gasteiger partial charge in [0.2, 0.25) is 0 Å². The Morgan fingerprint density at radius 2 is 2.06 bits per heavy atom. The maximum absolute atomic E-state index is 11.6. The first-order chi connectivity index (χ1) is 8.42. The van der Waals surface area contributed by atoms with Gasteiger partial charge in [-0.3, -0.25) is 4.79 Å². The molecule has 2 N–H and O–H groups in total. The Bertz CT molecular complexity index is 498. The van der Waals surface area contributed by atoms with Gasteiger partial charge in [-0.1, -0.05) is 0 Å². The van der Waals surface area contributed by atoms with E-state index < -0.39 is 9.84 Å². The van der Waals surface area contributed by atoms with Crippen LogP contribution in [0.15, 0.2) is 12.1 Å². The van der Waals surface area contributed by atoms with Crippen LogP contribution in [0.1, 0.15) is 16.9 Å². The Morgan fingerprint density at radius 3 is 2.56 bits per heavy atom. The highest BCUT2D eigenvalue weighted by molar-refractivity contribution is 7.90. The molecule has 0 radical (unpaired) electrons. The molecule has 18 heavy (non-hydrogen) atoms. The molecule has 0 bridgehead atoms. The van der Waals surface area contributed by atoms with Crippen molar-refractivity contribution in [2.75, 3.05) is 30.9 Å². The summed E-state index contributed by atoms with van der Waals surface area (Å²) in [6.07, 6.45) is 1.55. The first-order valence-corrected chi connectivity index (χ1v) is 7.46. The maximum Gasteiger partial charge on any atom is 0.271 e. The molecule has 100 valence electrons. The summed E-state index contributed by atoms with van der Waals surface area (Å²) in [6.45, 7) is 0.293. The smallest absolute Gasteiger partial charge is 0.271 e. The van der Waals surface area contributed by atoms with Crippen LogP contribution >= 0.6 is 0 Å². The van der Waals surface area contributed by atoms with Crippen LogP contribution in [0.5, 0.6) is 0 Å². The summed E-state index contributed by atoms with van der Waals surface area (Å²) in [4.78, 5) is 11.6. The van der Waals surface area contributed by atoms with Crippen molar-refractivity contribution in [3.05, 3.63) is 17.8 Å². The maximum atomic E-state index is 11.6. The predicted octanol–water partition coefficient (Wildman–Crippen LogP) is -0.317. The molecule has 0 aromatic carbocycles. The van der Waals surface area contributed by atoms with Gasteiger partial charge in [0.25, 0.3) is 5.91 Å². The Balaban J connectivity index is 2.40. The summed E-state index contributed by atoms with van der Waals surface area (Å²) < 4.78 is 21.7. The van der Waals surface area contributed by atoms with E-state index in [0.717, 1.165) is 6.26 Å². The van der Waals surface area contributed by atoms with Crippen LogP contribution in [0.4, 0.5) is 5.82 Å². The van der Waals surface area contributed by atoms with Crippen LogP contribution in [-0.2, 0) is 9.84 Å². The Kier molecular flexibility index (Phi) is 5.02. The Morgan fingerprint density at radius 1 is 1.33 bits per heavy atom. The molecule has 1 aromatic heterocycles. The first-order valence-electron chi connectivity index (χ1n) is 5.40. The fourth-order valence-corrected chi connectivity index (χ4v) is 1.88. The van der Waals surface area contributed by atoms with Crippen LogP contribution in [0.3, 0.4) is 0 Å². The largest absolute Gasteiger partial charge is 0.372 e. The van der Waals surface area contributed by atoms with Gasteiger partial charge >= 0.3 is 0 Å². The molecule has 8 heteroatoms. The summed E-state index contributed by atoms with van der Waals surface area (Å²) in [5, 5.41) is 12.9. The number of nitrogens with one attached hydrogen (secondary N) is 2. The molecular weight excluding hydrogens is 256 g/mol. The second-order valence-electron chi connectivity index (χ2n) is 3.79. The normalized spacial score (nSPS) is 11.0. The molecule has 1 aromatic rings. The summed E-state index contributed by atoms with van der Waals surface area (Å²) in [5.74, 6) is 0.264. The van der Waals surface area contributed by atoms with E-state index in [0.29, 0.717) is 18.8 Å². The first kappa shape index (κ1) is 14.4. The Labute approximate surface area is 106 Å². The molecule has 0 spiro atoms. The number of carbonyl (C=O) groups is 1. The minimum absolute atomic E-state index is 0.0532. The molecule has 7 nitrogen and oxygen atoms in total. The molecule has 0 aliphatic carbocycles. The second kappa shape index (κ2) is 6.29. The van der Waals surface area contributed by atoms with Crippen LogP contribution < -0.4 is 10.6 Å². The summed E-state index contributed by atoms with van der Waals surface area (Å²) in [7, 11) is -1.28. The van der Waals surface area contributed by atoms with Gasteiger partial charge in [0.05, 0.1) is 5.75 Å². The Hall–Kier alpha value is -1.70. The molecular formula is C10H16N4O3S. The third-order valence-electron chi connectivity index (χ3n) is 2.13. The molecule has 1 heterocycles. The van der Waals surface area contributed by atoms with E-state index in [2.05, 4.69) is 20.8 Å². The van der Waals surface area contributed by atoms with Gasteiger partial charge < -0.3 is 10.6 Å². The number of nitrogens with zero attached hydrogens (tertiary/aromatic N) is 2. The van der Waals surface area contributed by atoms with Crippen molar-refractivity contribution in [2.24, 2.45) is 0 Å². The number of aromatic nitrogens is 2. The van der Waals surface area contributed by atoms with Crippen molar-refractivity contribution < 1.29 is 13.2 Å². The van der Waals surface area contributed by atoms with E-state index in [1.165, 1.54) is 0 Å². The third-order valence-corrected chi connectivity index (χ3v) is 3.16. The van der Waals surface area contributed by atoms with E-state index in [1.807, 2.05) is 0 Å². The monoisotopic (exact) mass is 272 g/mol. The molecule has 1 rings (SSSR count). The fourth-order valence-electron chi connectivity index (χ4n) is 1.21. The highest BCUT2D eigenvalue weighted by Gasteiger charge is 2.08. The number of amides is 1. The number of carbonyl (C=O) groups excluding carboxylic acids is 1. The van der Waals surface area contributed by atoms with Crippen molar-refractivity contribution in [3.8, 4) is 0 Å². The van der Waals surface area contributed by atoms with Gasteiger partial charge in [0.1, 0.15) is 15.7 Å². The van der Waals surface area contributed by atoms with Crippen molar-refractivity contribution in [1.29, 1.82) is 0 Å². The molecule has 1 amide bonds. The molecule has 0 atom stereocenters. The van der Waals surface area contributed by atoms with Crippen molar-refractivity contribution in [3.63, 3.8) is 0 Å². The molecule has 0 fully saturated rings. The van der Waals surface area contributed by atoms with E-state index in [1.54, 1.807) is 19.2 Å². The molecule has 0 saturated heterocycles. The average Bonchev–Trinajstić information content (AvgIpc) is 2.33. The average molecular weight is 272 g/mol. The van der Waals surface area contributed by atoms with E-state index in [4.69, 9.17) is 0 Å². The van der Waals surface area contributed by atoms with Gasteiger partial charge in [0, 0.05) is 19.8 Å². The number of hydrogen-bond donors (Lipinski definition) is 2. The molecule has 0 saturated carbocycles. The molecule has 0 unspecified atom stereocenters. The van der Waals surface area contributed by atoms with Crippen LogP contribution in [0.2, 0.25) is 0 Å². The van der Waals surface area contributed by atoms with Gasteiger partial charge in [-0.25, -0.2) is 8.42 Å². The van der Waals surface area contributed by atoms with Crippen LogP contribution in [0, 0.1) is 0 Å². The SMILES string of the molecule is CNc1ccc(C(=O)NCCCS(C)(=O)=O)nn1. The standard InChI is InChI=1S/C10H16N4O3S/c1-11-9-5-4-8(13-14-9)10(15)12-6-3-7-18(2,16)17/h4-5H,3,6-7H2,1-2H3,(H,11,14)(H,12,15). The van der Waals surface area contributed by atoms with E-state index in [-0.39, 0.29) is 17.4 Å². The van der Waals surface area contributed by atoms with Crippen molar-refractivity contribution in [2.45, 2.75) is 6.42 Å². The second-order valence-corrected chi connectivity index (χ2v) is 6.05. The van der Waals surface area contributed by atoms with Gasteiger partial charge in [-0.2, -0.15) is 0 Å². The number of rotatable bonds is 6. The lowest BCUT2D eigenvalue weighted by Crippen LogP contribution is -2.26. The zero-order valence-electron chi connectivity index (χ0n) is 10.3. The van der Waals surface area contributed by atoms with Gasteiger partial charge in [-0.05, 0) is 18.6 Å². The van der Waals surface area contributed by atoms with E-state index in [9.17, 15) is 13.2 Å². The molecule has 0 aliphatic heterocycles. The highest BCUT2D eigenvalue weighted by Crippen LogP contribution is 2.00. The zero-order chi connectivity index (χ0) is 13.6. The zero-order valence-corrected chi connectivity index (χ0v) is 11.1. The van der Waals surface area contributed by atoms with Crippen molar-refractivity contribution in [1.82, 2.24) is 15.5 Å². The third kappa shape index (κ3) is 5.09. The fraction of sp³-hybridized carbons (Fsp3) is 0.500. The summed E-state index contributed by atoms with van der Waals surface area (Å²) in [6, 6.07) is 3.18. The summed E-state index contributed by atoms with van der Waals surface area (Å²) >= 11 is 0. The topological polar surface area (TPSA) is 101 Å². The van der Waals surface area contributed by atoms with Crippen molar-refractivity contribution >= 4 is 21.6 Å². The minimum atomic E-state index is -2.98. The summed E-state index contributed by atoms with van der Waals surface area (Å²) in [5.41, 5.74) is 0.202. The lowest BCUT2D eigenvalue weighted by molar-refractivity contribution is 0.0947. The predicted molar refractivity (Wildman–Crippen MR) is 68.2 cm³/mol. The quantitative estimate of drug-likeness (QED) is 0.688.